The molecule has 0 radical (unpaired) electrons. The van der Waals surface area contributed by atoms with Gasteiger partial charge in [0.05, 0.1) is 6.61 Å². The lowest BCUT2D eigenvalue weighted by atomic mass is 9.96. The molecule has 1 fully saturated rings. The summed E-state index contributed by atoms with van der Waals surface area (Å²) in [6, 6.07) is 0. The molecule has 4 nitrogen and oxygen atoms in total. The van der Waals surface area contributed by atoms with E-state index in [0.29, 0.717) is 24.1 Å². The number of hydrogen-bond donors (Lipinski definition) is 1. The van der Waals surface area contributed by atoms with Gasteiger partial charge in [-0.1, -0.05) is 0 Å². The van der Waals surface area contributed by atoms with Crippen LogP contribution in [0.4, 0.5) is 0 Å². The summed E-state index contributed by atoms with van der Waals surface area (Å²) in [4.78, 5) is 11.6. The van der Waals surface area contributed by atoms with Crippen LogP contribution in [0.25, 0.3) is 0 Å². The average molecular weight is 206 g/mol. The van der Waals surface area contributed by atoms with Gasteiger partial charge in [0, 0.05) is 17.2 Å². The molecular weight excluding hydrogens is 192 g/mol. The van der Waals surface area contributed by atoms with Crippen LogP contribution in [-0.4, -0.2) is 22.8 Å². The van der Waals surface area contributed by atoms with E-state index >= 15 is 0 Å². The fourth-order valence-electron chi connectivity index (χ4n) is 2.95. The maximum absolute atomic E-state index is 11.6. The van der Waals surface area contributed by atoms with Gasteiger partial charge < -0.3 is 4.74 Å². The standard InChI is InChI=1S/C11H14N2O2/c1-2-15-11(14)10-8-6-3-4-7(5-6)9(8)12-13-10/h6-7H,2-5H2,1H3,(H,12,13)/t6-,7+/m1/s1. The number of rotatable bonds is 2. The van der Waals surface area contributed by atoms with Crippen molar-refractivity contribution in [2.45, 2.75) is 38.0 Å². The molecular formula is C11H14N2O2. The second kappa shape index (κ2) is 3.08. The molecule has 0 aliphatic heterocycles. The zero-order valence-corrected chi connectivity index (χ0v) is 8.75. The highest BCUT2D eigenvalue weighted by molar-refractivity contribution is 5.89. The summed E-state index contributed by atoms with van der Waals surface area (Å²) in [6.07, 6.45) is 3.63. The Morgan fingerprint density at radius 2 is 2.33 bits per heavy atom. The Morgan fingerprint density at radius 1 is 1.53 bits per heavy atom. The Kier molecular flexibility index (Phi) is 1.84. The van der Waals surface area contributed by atoms with Crippen molar-refractivity contribution in [2.24, 2.45) is 0 Å². The smallest absolute Gasteiger partial charge is 0.359 e. The SMILES string of the molecule is CCOC(=O)c1n[nH]c2c1[C@@H]1CC[C@H]2C1. The summed E-state index contributed by atoms with van der Waals surface area (Å²) in [5.74, 6) is 0.881. The number of aromatic amines is 1. The Labute approximate surface area is 88.0 Å². The van der Waals surface area contributed by atoms with Gasteiger partial charge in [-0.2, -0.15) is 5.10 Å². The van der Waals surface area contributed by atoms with Crippen molar-refractivity contribution < 1.29 is 9.53 Å². The first kappa shape index (κ1) is 8.95. The van der Waals surface area contributed by atoms with E-state index in [2.05, 4.69) is 10.2 Å². The lowest BCUT2D eigenvalue weighted by Crippen LogP contribution is -2.09. The molecule has 1 aromatic heterocycles. The molecule has 4 heteroatoms. The van der Waals surface area contributed by atoms with Gasteiger partial charge in [0.1, 0.15) is 0 Å². The fourth-order valence-corrected chi connectivity index (χ4v) is 2.95. The summed E-state index contributed by atoms with van der Waals surface area (Å²) >= 11 is 0. The van der Waals surface area contributed by atoms with Gasteiger partial charge in [-0.3, -0.25) is 5.10 Å². The minimum Gasteiger partial charge on any atom is -0.461 e. The van der Waals surface area contributed by atoms with Crippen LogP contribution in [0.15, 0.2) is 0 Å². The number of aromatic nitrogens is 2. The van der Waals surface area contributed by atoms with Crippen LogP contribution in [-0.2, 0) is 4.74 Å². The second-order valence-corrected chi connectivity index (χ2v) is 4.33. The maximum atomic E-state index is 11.6. The Morgan fingerprint density at radius 3 is 3.13 bits per heavy atom. The molecule has 80 valence electrons. The first-order valence-electron chi connectivity index (χ1n) is 5.56. The van der Waals surface area contributed by atoms with E-state index in [1.807, 2.05) is 6.92 Å². The number of hydrogen-bond acceptors (Lipinski definition) is 3. The molecule has 1 heterocycles. The molecule has 2 aliphatic carbocycles. The maximum Gasteiger partial charge on any atom is 0.359 e. The number of nitrogens with zero attached hydrogens (tertiary/aromatic N) is 1. The van der Waals surface area contributed by atoms with E-state index in [9.17, 15) is 4.79 Å². The predicted molar refractivity (Wildman–Crippen MR) is 53.9 cm³/mol. The number of fused-ring (bicyclic) bond motifs is 5. The first-order valence-corrected chi connectivity index (χ1v) is 5.56. The summed E-state index contributed by atoms with van der Waals surface area (Å²) in [7, 11) is 0. The molecule has 15 heavy (non-hydrogen) atoms. The largest absolute Gasteiger partial charge is 0.461 e. The third-order valence-corrected chi connectivity index (χ3v) is 3.55. The number of ether oxygens (including phenoxy) is 1. The molecule has 2 aliphatic rings. The van der Waals surface area contributed by atoms with E-state index in [1.54, 1.807) is 0 Å². The van der Waals surface area contributed by atoms with E-state index in [1.165, 1.54) is 25.0 Å². The summed E-state index contributed by atoms with van der Waals surface area (Å²) in [5.41, 5.74) is 2.86. The minimum atomic E-state index is -0.275. The number of nitrogens with one attached hydrogen (secondary N) is 1. The number of H-pyrrole nitrogens is 1. The topological polar surface area (TPSA) is 55.0 Å². The molecule has 1 aromatic rings. The Bertz CT molecular complexity index is 411. The van der Waals surface area contributed by atoms with Gasteiger partial charge in [0.25, 0.3) is 0 Å². The zero-order chi connectivity index (χ0) is 10.4. The highest BCUT2D eigenvalue weighted by Crippen LogP contribution is 2.53. The third-order valence-electron chi connectivity index (χ3n) is 3.55. The first-order chi connectivity index (χ1) is 7.31. The monoisotopic (exact) mass is 206 g/mol. The lowest BCUT2D eigenvalue weighted by molar-refractivity contribution is 0.0517. The van der Waals surface area contributed by atoms with Crippen LogP contribution in [0, 0.1) is 0 Å². The van der Waals surface area contributed by atoms with Crippen LogP contribution in [0.2, 0.25) is 0 Å². The average Bonchev–Trinajstić information content (AvgIpc) is 2.90. The quantitative estimate of drug-likeness (QED) is 0.752. The van der Waals surface area contributed by atoms with Gasteiger partial charge >= 0.3 is 5.97 Å². The molecule has 1 saturated carbocycles. The fraction of sp³-hybridized carbons (Fsp3) is 0.636. The van der Waals surface area contributed by atoms with Crippen molar-refractivity contribution in [3.8, 4) is 0 Å². The Balaban J connectivity index is 1.99. The minimum absolute atomic E-state index is 0.275. The van der Waals surface area contributed by atoms with Gasteiger partial charge in [-0.15, -0.1) is 0 Å². The molecule has 2 atom stereocenters. The molecule has 0 saturated heterocycles. The van der Waals surface area contributed by atoms with Crippen LogP contribution < -0.4 is 0 Å². The van der Waals surface area contributed by atoms with Crippen LogP contribution in [0.3, 0.4) is 0 Å². The van der Waals surface area contributed by atoms with E-state index in [-0.39, 0.29) is 5.97 Å². The normalized spacial score (nSPS) is 26.7. The molecule has 2 bridgehead atoms. The van der Waals surface area contributed by atoms with Gasteiger partial charge in [-0.25, -0.2) is 4.79 Å². The van der Waals surface area contributed by atoms with Crippen LogP contribution >= 0.6 is 0 Å². The van der Waals surface area contributed by atoms with E-state index in [4.69, 9.17) is 4.74 Å². The van der Waals surface area contributed by atoms with E-state index < -0.39 is 0 Å². The van der Waals surface area contributed by atoms with Gasteiger partial charge in [-0.05, 0) is 32.1 Å². The molecule has 0 unspecified atom stereocenters. The van der Waals surface area contributed by atoms with Crippen molar-refractivity contribution >= 4 is 5.97 Å². The molecule has 1 N–H and O–H groups in total. The van der Waals surface area contributed by atoms with E-state index in [0.717, 1.165) is 5.56 Å². The van der Waals surface area contributed by atoms with Crippen molar-refractivity contribution in [2.75, 3.05) is 6.61 Å². The van der Waals surface area contributed by atoms with Crippen LogP contribution in [0.5, 0.6) is 0 Å². The van der Waals surface area contributed by atoms with Gasteiger partial charge in [0.15, 0.2) is 5.69 Å². The zero-order valence-electron chi connectivity index (χ0n) is 8.75. The third kappa shape index (κ3) is 1.14. The summed E-state index contributed by atoms with van der Waals surface area (Å²) in [5, 5.41) is 7.10. The van der Waals surface area contributed by atoms with Gasteiger partial charge in [0.2, 0.25) is 0 Å². The number of carbonyl (C=O) groups is 1. The van der Waals surface area contributed by atoms with Crippen molar-refractivity contribution in [3.05, 3.63) is 17.0 Å². The number of esters is 1. The van der Waals surface area contributed by atoms with Crippen LogP contribution in [0.1, 0.15) is 59.8 Å². The number of carbonyl (C=O) groups excluding carboxylic acids is 1. The van der Waals surface area contributed by atoms with Crippen molar-refractivity contribution in [1.82, 2.24) is 10.2 Å². The van der Waals surface area contributed by atoms with Crippen molar-refractivity contribution in [1.29, 1.82) is 0 Å². The predicted octanol–water partition coefficient (Wildman–Crippen LogP) is 1.95. The molecule has 0 amide bonds. The Hall–Kier alpha value is -1.32. The molecule has 0 spiro atoms. The van der Waals surface area contributed by atoms with Crippen molar-refractivity contribution in [3.63, 3.8) is 0 Å². The summed E-state index contributed by atoms with van der Waals surface area (Å²) < 4.78 is 5.00. The highest BCUT2D eigenvalue weighted by Gasteiger charge is 2.42. The molecule has 3 rings (SSSR count). The summed E-state index contributed by atoms with van der Waals surface area (Å²) in [6.45, 7) is 2.23. The highest BCUT2D eigenvalue weighted by atomic mass is 16.5. The second-order valence-electron chi connectivity index (χ2n) is 4.33. The molecule has 0 aromatic carbocycles. The lowest BCUT2D eigenvalue weighted by Gasteiger charge is -2.09.